The van der Waals surface area contributed by atoms with Gasteiger partial charge in [0.1, 0.15) is 0 Å². The van der Waals surface area contributed by atoms with E-state index >= 15 is 0 Å². The molecule has 3 heteroatoms. The molecule has 1 rings (SSSR count). The molecule has 0 aromatic heterocycles. The van der Waals surface area contributed by atoms with Gasteiger partial charge in [0.05, 0.1) is 12.4 Å². The quantitative estimate of drug-likeness (QED) is 0.379. The lowest BCUT2D eigenvalue weighted by molar-refractivity contribution is 0.214. The first-order chi connectivity index (χ1) is 11.8. The van der Waals surface area contributed by atoms with Crippen LogP contribution in [0.3, 0.4) is 0 Å². The third-order valence-corrected chi connectivity index (χ3v) is 11.0. The zero-order chi connectivity index (χ0) is 18.9. The lowest BCUT2D eigenvalue weighted by Crippen LogP contribution is -2.46. The second kappa shape index (κ2) is 10.6. The lowest BCUT2D eigenvalue weighted by atomic mass is 10.1. The first-order valence-electron chi connectivity index (χ1n) is 9.54. The van der Waals surface area contributed by atoms with Crippen molar-refractivity contribution in [2.24, 2.45) is 0 Å². The van der Waals surface area contributed by atoms with Crippen molar-refractivity contribution in [2.45, 2.75) is 77.1 Å². The molecule has 0 heterocycles. The molecular formula is C22H36O2Si. The largest absolute Gasteiger partial charge is 0.548 e. The van der Waals surface area contributed by atoms with Crippen LogP contribution in [0.1, 0.15) is 59.9 Å². The molecule has 0 amide bonds. The fourth-order valence-electron chi connectivity index (χ4n) is 3.79. The van der Waals surface area contributed by atoms with Crippen molar-refractivity contribution in [1.29, 1.82) is 0 Å². The van der Waals surface area contributed by atoms with E-state index in [-0.39, 0.29) is 0 Å². The third-order valence-electron chi connectivity index (χ3n) is 5.01. The molecule has 140 valence electrons. The van der Waals surface area contributed by atoms with E-state index in [2.05, 4.69) is 47.6 Å². The predicted octanol–water partition coefficient (Wildman–Crippen LogP) is 6.55. The molecule has 1 aromatic carbocycles. The highest BCUT2D eigenvalue weighted by Crippen LogP contribution is 2.42. The van der Waals surface area contributed by atoms with Gasteiger partial charge in [-0.25, -0.2) is 0 Å². The van der Waals surface area contributed by atoms with E-state index in [0.717, 1.165) is 12.0 Å². The summed E-state index contributed by atoms with van der Waals surface area (Å²) in [6, 6.07) is 10.1. The van der Waals surface area contributed by atoms with Crippen molar-refractivity contribution in [3.8, 4) is 0 Å². The van der Waals surface area contributed by atoms with Gasteiger partial charge in [0.25, 0.3) is 8.32 Å². The molecule has 0 unspecified atom stereocenters. The Labute approximate surface area is 155 Å². The minimum absolute atomic E-state index is 0.424. The Hall–Kier alpha value is -1.32. The first kappa shape index (κ1) is 21.7. The Balaban J connectivity index is 2.50. The summed E-state index contributed by atoms with van der Waals surface area (Å²) in [6.45, 7) is 13.7. The minimum atomic E-state index is -1.83. The monoisotopic (exact) mass is 360 g/mol. The van der Waals surface area contributed by atoms with Crippen LogP contribution < -0.4 is 0 Å². The maximum atomic E-state index is 10.1. The number of hydrogen-bond acceptors (Lipinski definition) is 2. The topological polar surface area (TPSA) is 29.5 Å². The van der Waals surface area contributed by atoms with Crippen LogP contribution in [0, 0.1) is 0 Å². The van der Waals surface area contributed by atoms with Gasteiger partial charge in [-0.15, -0.1) is 0 Å². The van der Waals surface area contributed by atoms with Gasteiger partial charge in [0, 0.05) is 0 Å². The van der Waals surface area contributed by atoms with Crippen LogP contribution in [0.25, 0.3) is 6.08 Å². The highest BCUT2D eigenvalue weighted by atomic mass is 28.4. The van der Waals surface area contributed by atoms with Crippen molar-refractivity contribution in [3.05, 3.63) is 54.3 Å². The Morgan fingerprint density at radius 1 is 0.960 bits per heavy atom. The molecular weight excluding hydrogens is 324 g/mol. The number of rotatable bonds is 10. The zero-order valence-electron chi connectivity index (χ0n) is 16.8. The maximum Gasteiger partial charge on any atom is 0.257 e. The molecule has 0 saturated heterocycles. The number of allylic oxidation sites excluding steroid dienone is 1. The average Bonchev–Trinajstić information content (AvgIpc) is 2.56. The van der Waals surface area contributed by atoms with Crippen LogP contribution in [0.2, 0.25) is 16.6 Å². The highest BCUT2D eigenvalue weighted by molar-refractivity contribution is 6.77. The molecule has 1 N–H and O–H groups in total. The summed E-state index contributed by atoms with van der Waals surface area (Å²) in [6.07, 6.45) is 8.90. The summed E-state index contributed by atoms with van der Waals surface area (Å²) in [7, 11) is -1.83. The Bertz CT molecular complexity index is 510. The first-order valence-corrected chi connectivity index (χ1v) is 11.7. The SMILES string of the molecule is CC(C)[Si](O/C=C/CC[C@H](O)/C=C/c1ccccc1)(C(C)C)C(C)C. The van der Waals surface area contributed by atoms with Crippen LogP contribution in [0.4, 0.5) is 0 Å². The van der Waals surface area contributed by atoms with Gasteiger partial charge in [0.2, 0.25) is 0 Å². The minimum Gasteiger partial charge on any atom is -0.548 e. The van der Waals surface area contributed by atoms with E-state index in [1.165, 1.54) is 0 Å². The maximum absolute atomic E-state index is 10.1. The zero-order valence-corrected chi connectivity index (χ0v) is 17.8. The average molecular weight is 361 g/mol. The smallest absolute Gasteiger partial charge is 0.257 e. The van der Waals surface area contributed by atoms with Crippen molar-refractivity contribution in [1.82, 2.24) is 0 Å². The molecule has 25 heavy (non-hydrogen) atoms. The van der Waals surface area contributed by atoms with E-state index in [1.54, 1.807) is 0 Å². The lowest BCUT2D eigenvalue weighted by Gasteiger charge is -2.41. The van der Waals surface area contributed by atoms with Crippen LogP contribution in [0.5, 0.6) is 0 Å². The molecule has 2 nitrogen and oxygen atoms in total. The summed E-state index contributed by atoms with van der Waals surface area (Å²) in [5.41, 5.74) is 2.85. The van der Waals surface area contributed by atoms with Gasteiger partial charge < -0.3 is 9.53 Å². The predicted molar refractivity (Wildman–Crippen MR) is 112 cm³/mol. The van der Waals surface area contributed by atoms with E-state index < -0.39 is 14.4 Å². The van der Waals surface area contributed by atoms with E-state index in [1.807, 2.05) is 48.7 Å². The molecule has 0 fully saturated rings. The van der Waals surface area contributed by atoms with Gasteiger partial charge in [-0.05, 0) is 35.0 Å². The van der Waals surface area contributed by atoms with Crippen molar-refractivity contribution in [2.75, 3.05) is 0 Å². The number of aliphatic hydroxyl groups excluding tert-OH is 1. The molecule has 0 aliphatic carbocycles. The van der Waals surface area contributed by atoms with Gasteiger partial charge in [-0.2, -0.15) is 0 Å². The van der Waals surface area contributed by atoms with E-state index in [4.69, 9.17) is 4.43 Å². The fraction of sp³-hybridized carbons (Fsp3) is 0.545. The molecule has 0 radical (unpaired) electrons. The van der Waals surface area contributed by atoms with Gasteiger partial charge in [-0.3, -0.25) is 0 Å². The molecule has 1 atom stereocenters. The summed E-state index contributed by atoms with van der Waals surface area (Å²) in [5.74, 6) is 0. The van der Waals surface area contributed by atoms with Gasteiger partial charge >= 0.3 is 0 Å². The highest BCUT2D eigenvalue weighted by Gasteiger charge is 2.46. The van der Waals surface area contributed by atoms with Gasteiger partial charge in [0.15, 0.2) is 0 Å². The molecule has 1 aromatic rings. The molecule has 0 aliphatic rings. The summed E-state index contributed by atoms with van der Waals surface area (Å²) in [4.78, 5) is 0. The van der Waals surface area contributed by atoms with Crippen molar-refractivity contribution < 1.29 is 9.53 Å². The van der Waals surface area contributed by atoms with Crippen molar-refractivity contribution in [3.63, 3.8) is 0 Å². The fourth-order valence-corrected chi connectivity index (χ4v) is 8.94. The van der Waals surface area contributed by atoms with Crippen LogP contribution >= 0.6 is 0 Å². The molecule has 0 saturated carbocycles. The molecule has 0 spiro atoms. The normalized spacial score (nSPS) is 14.3. The molecule has 0 aliphatic heterocycles. The summed E-state index contributed by atoms with van der Waals surface area (Å²) >= 11 is 0. The summed E-state index contributed by atoms with van der Waals surface area (Å²) < 4.78 is 6.38. The van der Waals surface area contributed by atoms with E-state index in [0.29, 0.717) is 23.0 Å². The van der Waals surface area contributed by atoms with Crippen molar-refractivity contribution >= 4 is 14.4 Å². The van der Waals surface area contributed by atoms with Crippen LogP contribution in [0.15, 0.2) is 48.7 Å². The Kier molecular flexibility index (Phi) is 9.23. The standard InChI is InChI=1S/C22H36O2Si/c1-18(2)25(19(3)4,20(5)6)24-17-11-10-14-22(23)16-15-21-12-8-7-9-13-21/h7-9,11-13,15-20,22-23H,10,14H2,1-6H3/b16-15+,17-11+/t22-/m0/s1. The Morgan fingerprint density at radius 2 is 1.52 bits per heavy atom. The van der Waals surface area contributed by atoms with Crippen LogP contribution in [-0.2, 0) is 4.43 Å². The van der Waals surface area contributed by atoms with Crippen LogP contribution in [-0.4, -0.2) is 19.5 Å². The number of hydrogen-bond donors (Lipinski definition) is 1. The summed E-state index contributed by atoms with van der Waals surface area (Å²) in [5, 5.41) is 10.1. The second-order valence-corrected chi connectivity index (χ2v) is 13.1. The second-order valence-electron chi connectivity index (χ2n) is 7.72. The Morgan fingerprint density at radius 3 is 2.04 bits per heavy atom. The third kappa shape index (κ3) is 6.48. The van der Waals surface area contributed by atoms with Gasteiger partial charge in [-0.1, -0.05) is 90.1 Å². The number of benzene rings is 1. The number of aliphatic hydroxyl groups is 1. The molecule has 0 bridgehead atoms. The van der Waals surface area contributed by atoms with E-state index in [9.17, 15) is 5.11 Å².